The summed E-state index contributed by atoms with van der Waals surface area (Å²) >= 11 is 1.10. The van der Waals surface area contributed by atoms with Gasteiger partial charge in [0.15, 0.2) is 10.7 Å². The number of benzene rings is 1. The largest absolute Gasteiger partial charge is 0.320 e. The number of rotatable bonds is 2. The Morgan fingerprint density at radius 1 is 1.33 bits per heavy atom. The van der Waals surface area contributed by atoms with E-state index in [9.17, 15) is 4.79 Å². The van der Waals surface area contributed by atoms with Gasteiger partial charge in [0.2, 0.25) is 0 Å². The van der Waals surface area contributed by atoms with Crippen LogP contribution >= 0.6 is 11.3 Å². The van der Waals surface area contributed by atoms with Crippen molar-refractivity contribution in [2.24, 2.45) is 0 Å². The molecule has 2 rings (SSSR count). The minimum atomic E-state index is -0.392. The molecule has 0 saturated carbocycles. The van der Waals surface area contributed by atoms with Crippen LogP contribution in [0.25, 0.3) is 0 Å². The number of nitrogens with one attached hydrogen (secondary N) is 1. The van der Waals surface area contributed by atoms with Crippen LogP contribution in [0.15, 0.2) is 29.6 Å². The highest BCUT2D eigenvalue weighted by molar-refractivity contribution is 7.11. The summed E-state index contributed by atoms with van der Waals surface area (Å²) in [4.78, 5) is 15.6. The summed E-state index contributed by atoms with van der Waals surface area (Å²) in [5, 5.41) is 21.7. The number of carbonyl (C=O) groups is 1. The van der Waals surface area contributed by atoms with E-state index < -0.39 is 5.91 Å². The van der Waals surface area contributed by atoms with E-state index in [0.717, 1.165) is 11.3 Å². The molecule has 2 aromatic rings. The fourth-order valence-corrected chi connectivity index (χ4v) is 1.92. The lowest BCUT2D eigenvalue weighted by molar-refractivity contribution is 0.102. The van der Waals surface area contributed by atoms with Gasteiger partial charge >= 0.3 is 0 Å². The minimum Gasteiger partial charge on any atom is -0.320 e. The predicted octanol–water partition coefficient (Wildman–Crippen LogP) is 2.14. The van der Waals surface area contributed by atoms with Crippen LogP contribution in [0.3, 0.4) is 0 Å². The van der Waals surface area contributed by atoms with Gasteiger partial charge in [-0.2, -0.15) is 10.5 Å². The van der Waals surface area contributed by atoms with Gasteiger partial charge in [0.05, 0.1) is 11.6 Å². The Morgan fingerprint density at radius 2 is 2.17 bits per heavy atom. The van der Waals surface area contributed by atoms with Gasteiger partial charge in [0, 0.05) is 11.1 Å². The van der Waals surface area contributed by atoms with Crippen LogP contribution in [0.4, 0.5) is 5.69 Å². The number of hydrogen-bond donors (Lipinski definition) is 1. The maximum Gasteiger partial charge on any atom is 0.284 e. The van der Waals surface area contributed by atoms with Crippen molar-refractivity contribution in [2.45, 2.75) is 0 Å². The fraction of sp³-hybridized carbons (Fsp3) is 0. The second-order valence-corrected chi connectivity index (χ2v) is 4.15. The van der Waals surface area contributed by atoms with Gasteiger partial charge in [0.1, 0.15) is 6.07 Å². The lowest BCUT2D eigenvalue weighted by Gasteiger charge is -2.02. The van der Waals surface area contributed by atoms with E-state index in [2.05, 4.69) is 10.3 Å². The van der Waals surface area contributed by atoms with E-state index in [1.807, 2.05) is 12.1 Å². The van der Waals surface area contributed by atoms with Gasteiger partial charge in [-0.15, -0.1) is 11.3 Å². The molecule has 86 valence electrons. The molecule has 0 aliphatic rings. The summed E-state index contributed by atoms with van der Waals surface area (Å²) in [6, 6.07) is 10.4. The summed E-state index contributed by atoms with van der Waals surface area (Å²) in [7, 11) is 0. The Labute approximate surface area is 107 Å². The fourth-order valence-electron chi connectivity index (χ4n) is 1.28. The number of thiazole rings is 1. The average molecular weight is 254 g/mol. The van der Waals surface area contributed by atoms with Crippen LogP contribution in [0, 0.1) is 22.7 Å². The van der Waals surface area contributed by atoms with Crippen molar-refractivity contribution in [2.75, 3.05) is 5.32 Å². The zero-order valence-electron chi connectivity index (χ0n) is 9.04. The van der Waals surface area contributed by atoms with Crippen LogP contribution in [0.5, 0.6) is 0 Å². The van der Waals surface area contributed by atoms with Crippen molar-refractivity contribution in [1.82, 2.24) is 4.98 Å². The molecule has 0 bridgehead atoms. The summed E-state index contributed by atoms with van der Waals surface area (Å²) in [5.41, 5.74) is 1.20. The number of nitrogens with zero attached hydrogens (tertiary/aromatic N) is 3. The van der Waals surface area contributed by atoms with Crippen LogP contribution in [0.2, 0.25) is 0 Å². The van der Waals surface area contributed by atoms with Gasteiger partial charge in [-0.1, -0.05) is 6.07 Å². The predicted molar refractivity (Wildman–Crippen MR) is 65.9 cm³/mol. The Kier molecular flexibility index (Phi) is 3.33. The quantitative estimate of drug-likeness (QED) is 0.888. The Balaban J connectivity index is 2.16. The zero-order valence-corrected chi connectivity index (χ0v) is 9.86. The van der Waals surface area contributed by atoms with Gasteiger partial charge in [-0.25, -0.2) is 4.98 Å². The summed E-state index contributed by atoms with van der Waals surface area (Å²) in [6.45, 7) is 0. The lowest BCUT2D eigenvalue weighted by Crippen LogP contribution is -2.11. The van der Waals surface area contributed by atoms with E-state index in [1.165, 1.54) is 5.38 Å². The third-order valence-electron chi connectivity index (χ3n) is 2.06. The number of aromatic nitrogens is 1. The number of hydrogen-bond acceptors (Lipinski definition) is 5. The molecule has 0 saturated heterocycles. The maximum absolute atomic E-state index is 11.8. The molecule has 1 heterocycles. The summed E-state index contributed by atoms with van der Waals surface area (Å²) in [6.07, 6.45) is 0. The molecule has 0 aliphatic carbocycles. The van der Waals surface area contributed by atoms with E-state index >= 15 is 0 Å². The molecule has 0 fully saturated rings. The molecule has 5 nitrogen and oxygen atoms in total. The molecule has 6 heteroatoms. The molecule has 0 spiro atoms. The monoisotopic (exact) mass is 254 g/mol. The number of carbonyl (C=O) groups excluding carboxylic acids is 1. The van der Waals surface area contributed by atoms with Crippen molar-refractivity contribution in [3.63, 3.8) is 0 Å². The van der Waals surface area contributed by atoms with E-state index in [1.54, 1.807) is 24.3 Å². The van der Waals surface area contributed by atoms with E-state index in [0.29, 0.717) is 11.3 Å². The SMILES string of the molecule is N#Cc1cccc(NC(=O)c2nc(C#N)cs2)c1. The molecular weight excluding hydrogens is 248 g/mol. The normalized spacial score (nSPS) is 9.22. The minimum absolute atomic E-state index is 0.217. The van der Waals surface area contributed by atoms with Crippen LogP contribution in [0.1, 0.15) is 21.1 Å². The Bertz CT molecular complexity index is 678. The molecule has 1 aromatic heterocycles. The molecule has 0 aliphatic heterocycles. The van der Waals surface area contributed by atoms with Crippen LogP contribution in [-0.4, -0.2) is 10.9 Å². The zero-order chi connectivity index (χ0) is 13.0. The first-order chi connectivity index (χ1) is 8.72. The molecule has 1 aromatic carbocycles. The number of anilines is 1. The number of amides is 1. The van der Waals surface area contributed by atoms with Crippen molar-refractivity contribution >= 4 is 22.9 Å². The third-order valence-corrected chi connectivity index (χ3v) is 2.90. The highest BCUT2D eigenvalue weighted by Crippen LogP contribution is 2.14. The average Bonchev–Trinajstić information content (AvgIpc) is 2.88. The van der Waals surface area contributed by atoms with Crippen LogP contribution < -0.4 is 5.32 Å². The molecular formula is C12H6N4OS. The highest BCUT2D eigenvalue weighted by Gasteiger charge is 2.11. The second kappa shape index (κ2) is 5.09. The van der Waals surface area contributed by atoms with Gasteiger partial charge in [-0.05, 0) is 18.2 Å². The third kappa shape index (κ3) is 2.51. The van der Waals surface area contributed by atoms with Gasteiger partial charge in [-0.3, -0.25) is 4.79 Å². The first kappa shape index (κ1) is 11.8. The Morgan fingerprint density at radius 3 is 2.83 bits per heavy atom. The standard InChI is InChI=1S/C12H6N4OS/c13-5-8-2-1-3-9(4-8)15-11(17)12-16-10(6-14)7-18-12/h1-4,7H,(H,15,17). The topological polar surface area (TPSA) is 89.6 Å². The lowest BCUT2D eigenvalue weighted by atomic mass is 10.2. The molecule has 1 amide bonds. The van der Waals surface area contributed by atoms with Crippen molar-refractivity contribution in [3.8, 4) is 12.1 Å². The molecule has 0 radical (unpaired) electrons. The molecule has 0 unspecified atom stereocenters. The van der Waals surface area contributed by atoms with Gasteiger partial charge in [0.25, 0.3) is 5.91 Å². The smallest absolute Gasteiger partial charge is 0.284 e. The highest BCUT2D eigenvalue weighted by atomic mass is 32.1. The second-order valence-electron chi connectivity index (χ2n) is 3.30. The van der Waals surface area contributed by atoms with E-state index in [4.69, 9.17) is 10.5 Å². The van der Waals surface area contributed by atoms with Crippen molar-refractivity contribution in [3.05, 3.63) is 45.9 Å². The van der Waals surface area contributed by atoms with Crippen molar-refractivity contribution < 1.29 is 4.79 Å². The summed E-state index contributed by atoms with van der Waals surface area (Å²) < 4.78 is 0. The van der Waals surface area contributed by atoms with Gasteiger partial charge < -0.3 is 5.32 Å². The molecule has 1 N–H and O–H groups in total. The van der Waals surface area contributed by atoms with Crippen molar-refractivity contribution in [1.29, 1.82) is 10.5 Å². The summed E-state index contributed by atoms with van der Waals surface area (Å²) in [5.74, 6) is -0.392. The first-order valence-corrected chi connectivity index (χ1v) is 5.78. The number of nitriles is 2. The molecule has 0 atom stereocenters. The molecule has 18 heavy (non-hydrogen) atoms. The van der Waals surface area contributed by atoms with E-state index in [-0.39, 0.29) is 10.7 Å². The van der Waals surface area contributed by atoms with Crippen LogP contribution in [-0.2, 0) is 0 Å². The maximum atomic E-state index is 11.8. The Hall–Kier alpha value is -2.70. The first-order valence-electron chi connectivity index (χ1n) is 4.90.